The fourth-order valence-corrected chi connectivity index (χ4v) is 2.26. The van der Waals surface area contributed by atoms with Gasteiger partial charge in [-0.15, -0.1) is 0 Å². The van der Waals surface area contributed by atoms with Gasteiger partial charge in [-0.2, -0.15) is 0 Å². The molecule has 1 aromatic carbocycles. The Morgan fingerprint density at radius 1 is 1.29 bits per heavy atom. The first-order valence-corrected chi connectivity index (χ1v) is 8.01. The van der Waals surface area contributed by atoms with Crippen molar-refractivity contribution in [1.29, 1.82) is 0 Å². The normalized spacial score (nSPS) is 10.2. The lowest BCUT2D eigenvalue weighted by Gasteiger charge is -2.22. The van der Waals surface area contributed by atoms with Gasteiger partial charge in [-0.3, -0.25) is 4.98 Å². The van der Waals surface area contributed by atoms with Gasteiger partial charge in [0.25, 0.3) is 0 Å². The predicted octanol–water partition coefficient (Wildman–Crippen LogP) is 2.92. The second-order valence-electron chi connectivity index (χ2n) is 5.23. The molecule has 2 rings (SSSR count). The third-order valence-electron chi connectivity index (χ3n) is 3.51. The first kappa shape index (κ1) is 17.6. The van der Waals surface area contributed by atoms with E-state index in [4.69, 9.17) is 4.74 Å². The Labute approximate surface area is 142 Å². The van der Waals surface area contributed by atoms with Crippen molar-refractivity contribution in [3.63, 3.8) is 0 Å². The average Bonchev–Trinajstić information content (AvgIpc) is 2.61. The maximum Gasteiger partial charge on any atom is 0.318 e. The van der Waals surface area contributed by atoms with Gasteiger partial charge in [-0.05, 0) is 43.7 Å². The molecule has 0 aliphatic heterocycles. The molecule has 0 fully saturated rings. The second-order valence-corrected chi connectivity index (χ2v) is 5.23. The molecular weight excluding hydrogens is 306 g/mol. The lowest BCUT2D eigenvalue weighted by molar-refractivity contribution is 0.197. The number of phenols is 1. The number of pyridine rings is 1. The summed E-state index contributed by atoms with van der Waals surface area (Å²) in [6, 6.07) is 10.6. The number of urea groups is 1. The fraction of sp³-hybridized carbons (Fsp3) is 0.333. The van der Waals surface area contributed by atoms with Gasteiger partial charge in [0.15, 0.2) is 11.5 Å². The molecule has 1 aromatic heterocycles. The zero-order chi connectivity index (χ0) is 17.4. The molecule has 6 heteroatoms. The van der Waals surface area contributed by atoms with E-state index in [1.807, 2.05) is 32.0 Å². The molecule has 0 saturated carbocycles. The summed E-state index contributed by atoms with van der Waals surface area (Å²) in [5, 5.41) is 12.6. The molecule has 0 aliphatic carbocycles. The molecule has 0 atom stereocenters. The lowest BCUT2D eigenvalue weighted by Crippen LogP contribution is -2.39. The number of ether oxygens (including phenoxy) is 1. The highest BCUT2D eigenvalue weighted by Gasteiger charge is 2.13. The molecule has 1 heterocycles. The van der Waals surface area contributed by atoms with E-state index in [9.17, 15) is 9.90 Å². The number of nitrogens with zero attached hydrogens (tertiary/aromatic N) is 2. The molecule has 0 aliphatic rings. The summed E-state index contributed by atoms with van der Waals surface area (Å²) >= 11 is 0. The number of hydrogen-bond acceptors (Lipinski definition) is 4. The van der Waals surface area contributed by atoms with Crippen LogP contribution in [0.1, 0.15) is 25.1 Å². The largest absolute Gasteiger partial charge is 0.504 e. The molecule has 0 radical (unpaired) electrons. The molecule has 0 unspecified atom stereocenters. The van der Waals surface area contributed by atoms with Gasteiger partial charge in [-0.25, -0.2) is 4.79 Å². The van der Waals surface area contributed by atoms with Crippen molar-refractivity contribution in [1.82, 2.24) is 15.2 Å². The van der Waals surface area contributed by atoms with E-state index in [2.05, 4.69) is 10.3 Å². The number of benzene rings is 1. The van der Waals surface area contributed by atoms with Crippen molar-refractivity contribution in [2.75, 3.05) is 13.2 Å². The zero-order valence-electron chi connectivity index (χ0n) is 14.0. The standard InChI is InChI=1S/C18H23N3O3/c1-3-21(18(23)20-12-15-7-5-6-10-19-15)13-14-8-9-16(22)17(11-14)24-4-2/h5-11,22H,3-4,12-13H2,1-2H3,(H,20,23). The van der Waals surface area contributed by atoms with Crippen LogP contribution in [0.4, 0.5) is 4.79 Å². The number of rotatable bonds is 7. The highest BCUT2D eigenvalue weighted by molar-refractivity contribution is 5.74. The van der Waals surface area contributed by atoms with Gasteiger partial charge in [0, 0.05) is 19.3 Å². The minimum atomic E-state index is -0.158. The van der Waals surface area contributed by atoms with Gasteiger partial charge < -0.3 is 20.1 Å². The van der Waals surface area contributed by atoms with E-state index < -0.39 is 0 Å². The monoisotopic (exact) mass is 329 g/mol. The van der Waals surface area contributed by atoms with Gasteiger partial charge in [0.1, 0.15) is 0 Å². The van der Waals surface area contributed by atoms with E-state index in [-0.39, 0.29) is 11.8 Å². The lowest BCUT2D eigenvalue weighted by atomic mass is 10.2. The molecule has 0 spiro atoms. The van der Waals surface area contributed by atoms with Gasteiger partial charge in [-0.1, -0.05) is 12.1 Å². The topological polar surface area (TPSA) is 74.7 Å². The Balaban J connectivity index is 1.98. The van der Waals surface area contributed by atoms with Crippen LogP contribution in [0.5, 0.6) is 11.5 Å². The van der Waals surface area contributed by atoms with Crippen LogP contribution in [-0.4, -0.2) is 34.2 Å². The van der Waals surface area contributed by atoms with Crippen LogP contribution in [0.15, 0.2) is 42.6 Å². The smallest absolute Gasteiger partial charge is 0.318 e. The van der Waals surface area contributed by atoms with E-state index in [0.717, 1.165) is 11.3 Å². The maximum atomic E-state index is 12.3. The molecule has 6 nitrogen and oxygen atoms in total. The van der Waals surface area contributed by atoms with Gasteiger partial charge >= 0.3 is 6.03 Å². The summed E-state index contributed by atoms with van der Waals surface area (Å²) in [7, 11) is 0. The van der Waals surface area contributed by atoms with Crippen molar-refractivity contribution in [2.24, 2.45) is 0 Å². The van der Waals surface area contributed by atoms with Crippen LogP contribution >= 0.6 is 0 Å². The predicted molar refractivity (Wildman–Crippen MR) is 91.8 cm³/mol. The van der Waals surface area contributed by atoms with Crippen LogP contribution in [0.2, 0.25) is 0 Å². The first-order chi connectivity index (χ1) is 11.6. The van der Waals surface area contributed by atoms with Crippen LogP contribution in [-0.2, 0) is 13.1 Å². The van der Waals surface area contributed by atoms with Crippen LogP contribution < -0.4 is 10.1 Å². The molecule has 24 heavy (non-hydrogen) atoms. The minimum absolute atomic E-state index is 0.100. The van der Waals surface area contributed by atoms with E-state index in [0.29, 0.717) is 32.0 Å². The molecular formula is C18H23N3O3. The van der Waals surface area contributed by atoms with Crippen molar-refractivity contribution >= 4 is 6.03 Å². The van der Waals surface area contributed by atoms with Crippen molar-refractivity contribution in [3.8, 4) is 11.5 Å². The number of nitrogens with one attached hydrogen (secondary N) is 1. The first-order valence-electron chi connectivity index (χ1n) is 8.01. The van der Waals surface area contributed by atoms with Crippen molar-refractivity contribution in [2.45, 2.75) is 26.9 Å². The fourth-order valence-electron chi connectivity index (χ4n) is 2.26. The molecule has 128 valence electrons. The Bertz CT molecular complexity index is 662. The quantitative estimate of drug-likeness (QED) is 0.819. The third kappa shape index (κ3) is 4.87. The number of aromatic nitrogens is 1. The summed E-state index contributed by atoms with van der Waals surface area (Å²) < 4.78 is 5.38. The second kappa shape index (κ2) is 8.76. The van der Waals surface area contributed by atoms with Gasteiger partial charge in [0.2, 0.25) is 0 Å². The Morgan fingerprint density at radius 2 is 2.12 bits per heavy atom. The van der Waals surface area contributed by atoms with E-state index >= 15 is 0 Å². The molecule has 2 N–H and O–H groups in total. The molecule has 0 saturated heterocycles. The number of hydrogen-bond donors (Lipinski definition) is 2. The average molecular weight is 329 g/mol. The number of aromatic hydroxyl groups is 1. The molecule has 0 bridgehead atoms. The Morgan fingerprint density at radius 3 is 2.79 bits per heavy atom. The third-order valence-corrected chi connectivity index (χ3v) is 3.51. The van der Waals surface area contributed by atoms with Crippen molar-refractivity contribution < 1.29 is 14.6 Å². The van der Waals surface area contributed by atoms with E-state index in [1.54, 1.807) is 29.3 Å². The number of phenolic OH excluding ortho intramolecular Hbond substituents is 1. The highest BCUT2D eigenvalue weighted by atomic mass is 16.5. The van der Waals surface area contributed by atoms with Crippen molar-refractivity contribution in [3.05, 3.63) is 53.9 Å². The summed E-state index contributed by atoms with van der Waals surface area (Å²) in [6.45, 7) is 5.64. The summed E-state index contributed by atoms with van der Waals surface area (Å²) in [4.78, 5) is 18.2. The minimum Gasteiger partial charge on any atom is -0.504 e. The summed E-state index contributed by atoms with van der Waals surface area (Å²) in [5.41, 5.74) is 1.70. The van der Waals surface area contributed by atoms with Crippen LogP contribution in [0, 0.1) is 0 Å². The molecule has 2 aromatic rings. The Hall–Kier alpha value is -2.76. The number of carbonyl (C=O) groups excluding carboxylic acids is 1. The van der Waals surface area contributed by atoms with Gasteiger partial charge in [0.05, 0.1) is 18.8 Å². The zero-order valence-corrected chi connectivity index (χ0v) is 14.0. The van der Waals surface area contributed by atoms with E-state index in [1.165, 1.54) is 0 Å². The van der Waals surface area contributed by atoms with Crippen LogP contribution in [0.3, 0.4) is 0 Å². The summed E-state index contributed by atoms with van der Waals surface area (Å²) in [6.07, 6.45) is 1.70. The van der Waals surface area contributed by atoms with Crippen LogP contribution in [0.25, 0.3) is 0 Å². The SMILES string of the molecule is CCOc1cc(CN(CC)C(=O)NCc2ccccn2)ccc1O. The summed E-state index contributed by atoms with van der Waals surface area (Å²) in [5.74, 6) is 0.531. The molecule has 2 amide bonds. The highest BCUT2D eigenvalue weighted by Crippen LogP contribution is 2.27. The number of carbonyl (C=O) groups is 1. The Kier molecular flexibility index (Phi) is 6.42. The number of amides is 2. The maximum absolute atomic E-state index is 12.3.